The van der Waals surface area contributed by atoms with Gasteiger partial charge in [0.15, 0.2) is 5.82 Å². The third-order valence-electron chi connectivity index (χ3n) is 10.2. The van der Waals surface area contributed by atoms with Gasteiger partial charge in [0.1, 0.15) is 35.2 Å². The minimum Gasteiger partial charge on any atom is -0.508 e. The van der Waals surface area contributed by atoms with Crippen LogP contribution in [0.25, 0.3) is 32.9 Å². The molecule has 13 heteroatoms. The molecule has 4 atom stereocenters. The van der Waals surface area contributed by atoms with Crippen molar-refractivity contribution in [1.29, 1.82) is 0 Å². The lowest BCUT2D eigenvalue weighted by Crippen LogP contribution is -2.61. The first-order valence-electron chi connectivity index (χ1n) is 15.5. The number of benzene rings is 2. The maximum absolute atomic E-state index is 16.8. The summed E-state index contributed by atoms with van der Waals surface area (Å²) in [4.78, 5) is 17.5. The molecule has 0 amide bonds. The fourth-order valence-electron chi connectivity index (χ4n) is 8.01. The molecule has 9 rings (SSSR count). The summed E-state index contributed by atoms with van der Waals surface area (Å²) in [6.45, 7) is 1.72. The highest BCUT2D eigenvalue weighted by atomic mass is 19.1. The largest absolute Gasteiger partial charge is 0.508 e. The first-order valence-corrected chi connectivity index (χ1v) is 15.5. The number of ether oxygens (including phenoxy) is 1. The van der Waals surface area contributed by atoms with E-state index in [0.29, 0.717) is 42.5 Å². The Morgan fingerprint density at radius 3 is 2.74 bits per heavy atom. The second-order valence-electron chi connectivity index (χ2n) is 13.0. The number of nitrogens with zero attached hydrogens (tertiary/aromatic N) is 5. The summed E-state index contributed by atoms with van der Waals surface area (Å²) in [5, 5.41) is 36.3. The Kier molecular flexibility index (Phi) is 6.67. The topological polar surface area (TPSA) is 127 Å². The van der Waals surface area contributed by atoms with Crippen LogP contribution in [0.5, 0.6) is 11.8 Å². The number of pyridine rings is 1. The summed E-state index contributed by atoms with van der Waals surface area (Å²) in [5.41, 5.74) is -0.920. The Balaban J connectivity index is 1.28. The molecule has 4 unspecified atom stereocenters. The van der Waals surface area contributed by atoms with Crippen molar-refractivity contribution in [1.82, 2.24) is 25.2 Å². The Morgan fingerprint density at radius 2 is 2.00 bits per heavy atom. The first-order chi connectivity index (χ1) is 22.1. The molecule has 234 valence electrons. The van der Waals surface area contributed by atoms with E-state index in [9.17, 15) is 19.7 Å². The number of piperazine rings is 1. The van der Waals surface area contributed by atoms with Gasteiger partial charge in [0.25, 0.3) is 0 Å². The fraction of sp³-hybridized carbons (Fsp3) is 0.424. The number of halogens is 2. The summed E-state index contributed by atoms with van der Waals surface area (Å²) in [7, 11) is 6.23. The third kappa shape index (κ3) is 4.50. The van der Waals surface area contributed by atoms with Crippen molar-refractivity contribution in [3.63, 3.8) is 0 Å². The molecule has 4 N–H and O–H groups in total. The van der Waals surface area contributed by atoms with Crippen LogP contribution in [0.3, 0.4) is 0 Å². The van der Waals surface area contributed by atoms with E-state index in [0.717, 1.165) is 19.4 Å². The molecule has 0 aliphatic carbocycles. The lowest BCUT2D eigenvalue weighted by Gasteiger charge is -2.46. The predicted molar refractivity (Wildman–Crippen MR) is 167 cm³/mol. The van der Waals surface area contributed by atoms with Gasteiger partial charge >= 0.3 is 6.01 Å². The zero-order valence-electron chi connectivity index (χ0n) is 24.9. The Labute approximate surface area is 264 Å². The molecule has 46 heavy (non-hydrogen) atoms. The Hall–Kier alpha value is -4.09. The van der Waals surface area contributed by atoms with Crippen LogP contribution in [0.15, 0.2) is 30.5 Å². The lowest BCUT2D eigenvalue weighted by molar-refractivity contribution is -0.256. The van der Waals surface area contributed by atoms with Crippen LogP contribution in [-0.2, 0) is 0 Å². The molecule has 5 aliphatic rings. The van der Waals surface area contributed by atoms with Gasteiger partial charge in [0.2, 0.25) is 5.91 Å². The van der Waals surface area contributed by atoms with Crippen LogP contribution in [0, 0.1) is 24.0 Å². The minimum atomic E-state index is -2.00. The standard InChI is InChI=1S/C33H31BF2N6O4/c1-2-22-25(35)6-3-17-9-21(43)10-23(26(17)22)28-27(36)29-24(13-38-28)30(41-15-19-4-5-20(41)12-37-19)40-31(39-29)46-16-32-7-8-33(44,45)42(32)14-18(34)11-32/h1,3,6,9-10,13,18-20,37,43-45H,4-5,7-8,11-12,14-16H2. The zero-order chi connectivity index (χ0) is 32.0. The van der Waals surface area contributed by atoms with Gasteiger partial charge in [-0.05, 0) is 55.8 Å². The van der Waals surface area contributed by atoms with Crippen molar-refractivity contribution in [2.45, 2.75) is 61.5 Å². The number of aromatic nitrogens is 3. The van der Waals surface area contributed by atoms with Crippen LogP contribution in [-0.4, -0.2) is 92.8 Å². The summed E-state index contributed by atoms with van der Waals surface area (Å²) in [6.07, 6.45) is 10.2. The average Bonchev–Trinajstić information content (AvgIpc) is 3.52. The summed E-state index contributed by atoms with van der Waals surface area (Å²) >= 11 is 0. The highest BCUT2D eigenvalue weighted by molar-refractivity contribution is 6.12. The molecule has 2 aromatic carbocycles. The summed E-state index contributed by atoms with van der Waals surface area (Å²) in [5.74, 6) is -1.06. The number of anilines is 1. The highest BCUT2D eigenvalue weighted by Gasteiger charge is 2.58. The molecule has 2 bridgehead atoms. The molecule has 7 heterocycles. The second kappa shape index (κ2) is 10.5. The van der Waals surface area contributed by atoms with Crippen molar-refractivity contribution < 1.29 is 28.8 Å². The van der Waals surface area contributed by atoms with Gasteiger partial charge in [-0.25, -0.2) is 13.7 Å². The Morgan fingerprint density at radius 1 is 1.15 bits per heavy atom. The van der Waals surface area contributed by atoms with E-state index in [2.05, 4.69) is 26.1 Å². The second-order valence-corrected chi connectivity index (χ2v) is 13.0. The third-order valence-corrected chi connectivity index (χ3v) is 10.2. The van der Waals surface area contributed by atoms with E-state index in [-0.39, 0.29) is 70.4 Å². The highest BCUT2D eigenvalue weighted by Crippen LogP contribution is 2.49. The van der Waals surface area contributed by atoms with Gasteiger partial charge in [-0.1, -0.05) is 17.8 Å². The predicted octanol–water partition coefficient (Wildman–Crippen LogP) is 2.96. The molecule has 5 fully saturated rings. The van der Waals surface area contributed by atoms with E-state index >= 15 is 4.39 Å². The first kappa shape index (κ1) is 29.3. The average molecular weight is 624 g/mol. The number of rotatable bonds is 5. The van der Waals surface area contributed by atoms with Crippen molar-refractivity contribution in [3.8, 4) is 35.4 Å². The van der Waals surface area contributed by atoms with Gasteiger partial charge in [-0.2, -0.15) is 9.97 Å². The summed E-state index contributed by atoms with van der Waals surface area (Å²) in [6, 6.07) is 5.70. The molecule has 0 saturated carbocycles. The van der Waals surface area contributed by atoms with Gasteiger partial charge < -0.3 is 30.3 Å². The number of phenolic OH excluding ortho intramolecular Hbond substituents is 1. The van der Waals surface area contributed by atoms with Crippen molar-refractivity contribution in [2.75, 3.05) is 31.1 Å². The van der Waals surface area contributed by atoms with Crippen LogP contribution < -0.4 is 15.0 Å². The maximum atomic E-state index is 16.8. The van der Waals surface area contributed by atoms with Gasteiger partial charge in [0.05, 0.1) is 24.3 Å². The molecule has 4 aromatic rings. The number of phenols is 1. The Bertz CT molecular complexity index is 1950. The van der Waals surface area contributed by atoms with Gasteiger partial charge in [0, 0.05) is 48.7 Å². The molecular weight excluding hydrogens is 593 g/mol. The molecule has 10 nitrogen and oxygen atoms in total. The van der Waals surface area contributed by atoms with Crippen LogP contribution in [0.1, 0.15) is 37.7 Å². The molecule has 5 saturated heterocycles. The smallest absolute Gasteiger partial charge is 0.319 e. The quantitative estimate of drug-likeness (QED) is 0.150. The van der Waals surface area contributed by atoms with Crippen LogP contribution in [0.4, 0.5) is 14.6 Å². The molecule has 2 aromatic heterocycles. The van der Waals surface area contributed by atoms with Crippen molar-refractivity contribution >= 4 is 35.3 Å². The van der Waals surface area contributed by atoms with Gasteiger partial charge in [-0.3, -0.25) is 4.98 Å². The number of aromatic hydroxyl groups is 1. The molecule has 2 radical (unpaired) electrons. The van der Waals surface area contributed by atoms with Gasteiger partial charge in [-0.15, -0.1) is 6.42 Å². The van der Waals surface area contributed by atoms with Crippen molar-refractivity contribution in [2.24, 2.45) is 0 Å². The molecule has 5 aliphatic heterocycles. The number of fused-ring (bicyclic) bond motifs is 6. The molecular formula is C33H31BF2N6O4. The number of piperidine rings is 2. The maximum Gasteiger partial charge on any atom is 0.319 e. The van der Waals surface area contributed by atoms with Crippen molar-refractivity contribution in [3.05, 3.63) is 47.7 Å². The van der Waals surface area contributed by atoms with E-state index in [1.807, 2.05) is 0 Å². The fourth-order valence-corrected chi connectivity index (χ4v) is 8.01. The zero-order valence-corrected chi connectivity index (χ0v) is 24.9. The SMILES string of the molecule is [B]C1CN2C(O)(O)CCC2(COc2nc(N3CC4CCC3CN4)c3cnc(-c4cc(O)cc5ccc(F)c(C#C)c45)c(F)c3n2)C1. The van der Waals surface area contributed by atoms with E-state index < -0.39 is 23.1 Å². The van der Waals surface area contributed by atoms with Crippen LogP contribution >= 0.6 is 0 Å². The number of nitrogens with one attached hydrogen (secondary N) is 1. The van der Waals surface area contributed by atoms with Crippen LogP contribution in [0.2, 0.25) is 5.82 Å². The minimum absolute atomic E-state index is 0.0175. The van der Waals surface area contributed by atoms with E-state index in [1.165, 1.54) is 30.5 Å². The van der Waals surface area contributed by atoms with E-state index in [4.69, 9.17) is 24.0 Å². The lowest BCUT2D eigenvalue weighted by atomic mass is 9.80. The number of terminal acetylenes is 1. The summed E-state index contributed by atoms with van der Waals surface area (Å²) < 4.78 is 37.9. The van der Waals surface area contributed by atoms with E-state index in [1.54, 1.807) is 4.90 Å². The monoisotopic (exact) mass is 624 g/mol. The number of aliphatic hydroxyl groups is 2. The normalized spacial score (nSPS) is 26.9. The number of hydrogen-bond acceptors (Lipinski definition) is 10. The molecule has 0 spiro atoms. The number of hydrogen-bond donors (Lipinski definition) is 4.